The Morgan fingerprint density at radius 1 is 1.53 bits per heavy atom. The van der Waals surface area contributed by atoms with Crippen molar-refractivity contribution in [1.82, 2.24) is 4.98 Å². The molecule has 0 aliphatic carbocycles. The molecule has 0 N–H and O–H groups in total. The van der Waals surface area contributed by atoms with Crippen LogP contribution in [0.5, 0.6) is 0 Å². The standard InChI is InChI=1S/C9H6Cl2F2N2/c10-4-7-5(1-2-14)3-6(11)8(15-7)9(12)13/h3,9H,1,4H2. The Kier molecular flexibility index (Phi) is 4.25. The second-order valence-corrected chi connectivity index (χ2v) is 3.40. The average molecular weight is 251 g/mol. The van der Waals surface area contributed by atoms with Crippen LogP contribution in [0.15, 0.2) is 6.07 Å². The molecular weight excluding hydrogens is 245 g/mol. The summed E-state index contributed by atoms with van der Waals surface area (Å²) in [7, 11) is 0. The number of pyridine rings is 1. The summed E-state index contributed by atoms with van der Waals surface area (Å²) in [6.07, 6.45) is -2.69. The molecule has 15 heavy (non-hydrogen) atoms. The topological polar surface area (TPSA) is 36.7 Å². The van der Waals surface area contributed by atoms with Crippen LogP contribution in [0.4, 0.5) is 8.78 Å². The third kappa shape index (κ3) is 2.77. The van der Waals surface area contributed by atoms with Crippen molar-refractivity contribution in [3.63, 3.8) is 0 Å². The highest BCUT2D eigenvalue weighted by molar-refractivity contribution is 6.31. The maximum atomic E-state index is 12.4. The largest absolute Gasteiger partial charge is 0.281 e. The van der Waals surface area contributed by atoms with Crippen LogP contribution >= 0.6 is 23.2 Å². The second-order valence-electron chi connectivity index (χ2n) is 2.73. The van der Waals surface area contributed by atoms with Gasteiger partial charge in [-0.3, -0.25) is 0 Å². The van der Waals surface area contributed by atoms with Gasteiger partial charge < -0.3 is 0 Å². The van der Waals surface area contributed by atoms with Crippen molar-refractivity contribution in [3.05, 3.63) is 28.0 Å². The summed E-state index contributed by atoms with van der Waals surface area (Å²) in [4.78, 5) is 3.64. The molecule has 0 atom stereocenters. The van der Waals surface area contributed by atoms with Crippen molar-refractivity contribution < 1.29 is 8.78 Å². The van der Waals surface area contributed by atoms with Crippen LogP contribution in [0, 0.1) is 11.3 Å². The third-order valence-electron chi connectivity index (χ3n) is 1.77. The van der Waals surface area contributed by atoms with E-state index >= 15 is 0 Å². The summed E-state index contributed by atoms with van der Waals surface area (Å²) >= 11 is 11.1. The minimum Gasteiger partial charge on any atom is -0.249 e. The second kappa shape index (κ2) is 5.24. The van der Waals surface area contributed by atoms with E-state index in [1.54, 1.807) is 0 Å². The third-order valence-corrected chi connectivity index (χ3v) is 2.33. The molecule has 0 amide bonds. The van der Waals surface area contributed by atoms with E-state index in [1.807, 2.05) is 6.07 Å². The Morgan fingerprint density at radius 2 is 2.20 bits per heavy atom. The Morgan fingerprint density at radius 3 is 2.67 bits per heavy atom. The van der Waals surface area contributed by atoms with Crippen LogP contribution in [0.3, 0.4) is 0 Å². The molecule has 1 aromatic heterocycles. The lowest BCUT2D eigenvalue weighted by molar-refractivity contribution is 0.146. The van der Waals surface area contributed by atoms with Crippen LogP contribution in [0.2, 0.25) is 5.02 Å². The van der Waals surface area contributed by atoms with Gasteiger partial charge in [-0.1, -0.05) is 11.6 Å². The molecule has 0 saturated carbocycles. The number of halogens is 4. The van der Waals surface area contributed by atoms with Crippen molar-refractivity contribution in [2.45, 2.75) is 18.7 Å². The SMILES string of the molecule is N#CCc1cc(Cl)c(C(F)F)nc1CCl. The molecule has 0 aliphatic rings. The van der Waals surface area contributed by atoms with Crippen molar-refractivity contribution in [3.8, 4) is 6.07 Å². The predicted molar refractivity (Wildman–Crippen MR) is 53.1 cm³/mol. The number of rotatable bonds is 3. The number of alkyl halides is 3. The van der Waals surface area contributed by atoms with Gasteiger partial charge in [-0.25, -0.2) is 13.8 Å². The maximum Gasteiger partial charge on any atom is 0.281 e. The van der Waals surface area contributed by atoms with E-state index in [-0.39, 0.29) is 23.0 Å². The summed E-state index contributed by atoms with van der Waals surface area (Å²) in [5.41, 5.74) is 0.272. The summed E-state index contributed by atoms with van der Waals surface area (Å²) in [6.45, 7) is 0. The zero-order chi connectivity index (χ0) is 11.4. The number of aromatic nitrogens is 1. The van der Waals surface area contributed by atoms with Gasteiger partial charge in [-0.2, -0.15) is 5.26 Å². The maximum absolute atomic E-state index is 12.4. The molecule has 1 heterocycles. The van der Waals surface area contributed by atoms with Gasteiger partial charge in [0, 0.05) is 0 Å². The van der Waals surface area contributed by atoms with Crippen LogP contribution in [-0.2, 0) is 12.3 Å². The summed E-state index contributed by atoms with van der Waals surface area (Å²) in [6, 6.07) is 3.21. The first-order valence-corrected chi connectivity index (χ1v) is 4.90. The molecule has 0 unspecified atom stereocenters. The van der Waals surface area contributed by atoms with E-state index in [4.69, 9.17) is 28.5 Å². The number of hydrogen-bond donors (Lipinski definition) is 0. The lowest BCUT2D eigenvalue weighted by Gasteiger charge is -2.08. The average Bonchev–Trinajstić information content (AvgIpc) is 2.18. The fourth-order valence-electron chi connectivity index (χ4n) is 1.09. The first-order valence-electron chi connectivity index (χ1n) is 3.99. The van der Waals surface area contributed by atoms with Gasteiger partial charge in [0.05, 0.1) is 29.1 Å². The lowest BCUT2D eigenvalue weighted by Crippen LogP contribution is -2.01. The monoisotopic (exact) mass is 250 g/mol. The van der Waals surface area contributed by atoms with Gasteiger partial charge in [-0.05, 0) is 11.6 Å². The van der Waals surface area contributed by atoms with Crippen LogP contribution in [0.25, 0.3) is 0 Å². The molecule has 6 heteroatoms. The molecule has 2 nitrogen and oxygen atoms in total. The van der Waals surface area contributed by atoms with E-state index in [1.165, 1.54) is 6.07 Å². The Balaban J connectivity index is 3.24. The van der Waals surface area contributed by atoms with E-state index < -0.39 is 12.1 Å². The van der Waals surface area contributed by atoms with Gasteiger partial charge in [-0.15, -0.1) is 11.6 Å². The van der Waals surface area contributed by atoms with Gasteiger partial charge in [0.25, 0.3) is 6.43 Å². The predicted octanol–water partition coefficient (Wildman–Crippen LogP) is 3.48. The minimum atomic E-state index is -2.74. The molecule has 0 fully saturated rings. The summed E-state index contributed by atoms with van der Waals surface area (Å²) in [5.74, 6) is -0.0199. The molecule has 0 aliphatic heterocycles. The minimum absolute atomic E-state index is 0.0199. The molecule has 0 bridgehead atoms. The smallest absolute Gasteiger partial charge is 0.249 e. The normalized spacial score (nSPS) is 10.4. The van der Waals surface area contributed by atoms with Gasteiger partial charge >= 0.3 is 0 Å². The fraction of sp³-hybridized carbons (Fsp3) is 0.333. The first-order chi connectivity index (χ1) is 7.10. The van der Waals surface area contributed by atoms with Crippen LogP contribution in [0.1, 0.15) is 23.4 Å². The summed E-state index contributed by atoms with van der Waals surface area (Å²) < 4.78 is 24.8. The zero-order valence-corrected chi connectivity index (χ0v) is 8.99. The Hall–Kier alpha value is -0.920. The number of hydrogen-bond acceptors (Lipinski definition) is 2. The van der Waals surface area contributed by atoms with Gasteiger partial charge in [0.15, 0.2) is 0 Å². The highest BCUT2D eigenvalue weighted by Crippen LogP contribution is 2.27. The summed E-state index contributed by atoms with van der Waals surface area (Å²) in [5, 5.41) is 8.36. The fourth-order valence-corrected chi connectivity index (χ4v) is 1.58. The van der Waals surface area contributed by atoms with Crippen LogP contribution < -0.4 is 0 Å². The molecule has 0 radical (unpaired) electrons. The van der Waals surface area contributed by atoms with Crippen molar-refractivity contribution in [1.29, 1.82) is 5.26 Å². The highest BCUT2D eigenvalue weighted by atomic mass is 35.5. The Bertz CT molecular complexity index is 402. The molecule has 0 spiro atoms. The number of nitrogens with zero attached hydrogens (tertiary/aromatic N) is 2. The van der Waals surface area contributed by atoms with Crippen molar-refractivity contribution in [2.24, 2.45) is 0 Å². The molecule has 1 aromatic rings. The highest BCUT2D eigenvalue weighted by Gasteiger charge is 2.17. The van der Waals surface area contributed by atoms with Crippen molar-refractivity contribution in [2.75, 3.05) is 0 Å². The van der Waals surface area contributed by atoms with Gasteiger partial charge in [0.2, 0.25) is 0 Å². The van der Waals surface area contributed by atoms with E-state index in [0.717, 1.165) is 0 Å². The first kappa shape index (κ1) is 12.2. The molecule has 0 aromatic carbocycles. The lowest BCUT2D eigenvalue weighted by atomic mass is 10.1. The molecule has 80 valence electrons. The quantitative estimate of drug-likeness (QED) is 0.771. The zero-order valence-electron chi connectivity index (χ0n) is 7.48. The van der Waals surface area contributed by atoms with Gasteiger partial charge in [0.1, 0.15) is 5.69 Å². The Labute approximate surface area is 95.4 Å². The molecule has 0 saturated heterocycles. The van der Waals surface area contributed by atoms with E-state index in [2.05, 4.69) is 4.98 Å². The van der Waals surface area contributed by atoms with Crippen LogP contribution in [-0.4, -0.2) is 4.98 Å². The molecular formula is C9H6Cl2F2N2. The van der Waals surface area contributed by atoms with Crippen molar-refractivity contribution >= 4 is 23.2 Å². The van der Waals surface area contributed by atoms with E-state index in [0.29, 0.717) is 5.56 Å². The number of nitriles is 1. The van der Waals surface area contributed by atoms with E-state index in [9.17, 15) is 8.78 Å². The molecule has 1 rings (SSSR count).